The van der Waals surface area contributed by atoms with Gasteiger partial charge in [0.2, 0.25) is 0 Å². The van der Waals surface area contributed by atoms with Gasteiger partial charge in [0.1, 0.15) is 10.7 Å². The summed E-state index contributed by atoms with van der Waals surface area (Å²) in [6, 6.07) is 0. The van der Waals surface area contributed by atoms with Crippen LogP contribution in [-0.4, -0.2) is 53.3 Å². The molecule has 0 saturated heterocycles. The number of carbonyl (C=O) groups excluding carboxylic acids is 2. The maximum atomic E-state index is 12.4. The SMILES string of the molecule is CCOC(=O)C[C@H](C(=O)OCC)[S@](=O)CP(=O)(OCC)OCC. The second-order valence-corrected chi connectivity index (χ2v) is 8.31. The summed E-state index contributed by atoms with van der Waals surface area (Å²) in [7, 11) is -5.58. The van der Waals surface area contributed by atoms with Gasteiger partial charge in [-0.2, -0.15) is 0 Å². The van der Waals surface area contributed by atoms with Crippen LogP contribution in [0.25, 0.3) is 0 Å². The van der Waals surface area contributed by atoms with Crippen LogP contribution in [0.15, 0.2) is 0 Å². The molecule has 23 heavy (non-hydrogen) atoms. The fourth-order valence-corrected chi connectivity index (χ4v) is 5.67. The van der Waals surface area contributed by atoms with Gasteiger partial charge in [0.15, 0.2) is 0 Å². The third kappa shape index (κ3) is 8.60. The first-order valence-electron chi connectivity index (χ1n) is 7.41. The lowest BCUT2D eigenvalue weighted by molar-refractivity contribution is -0.149. The molecule has 0 radical (unpaired) electrons. The van der Waals surface area contributed by atoms with Gasteiger partial charge in [0.25, 0.3) is 0 Å². The molecule has 0 aromatic rings. The molecule has 0 rings (SSSR count). The van der Waals surface area contributed by atoms with Crippen LogP contribution in [0.1, 0.15) is 34.1 Å². The maximum Gasteiger partial charge on any atom is 0.343 e. The van der Waals surface area contributed by atoms with Crippen molar-refractivity contribution in [3.63, 3.8) is 0 Å². The highest BCUT2D eigenvalue weighted by Gasteiger charge is 2.36. The van der Waals surface area contributed by atoms with Crippen LogP contribution in [0, 0.1) is 0 Å². The van der Waals surface area contributed by atoms with Gasteiger partial charge in [-0.05, 0) is 27.7 Å². The molecule has 0 bridgehead atoms. The molecule has 0 N–H and O–H groups in total. The molecule has 10 heteroatoms. The van der Waals surface area contributed by atoms with Gasteiger partial charge in [-0.15, -0.1) is 0 Å². The summed E-state index contributed by atoms with van der Waals surface area (Å²) in [6.07, 6.45) is -0.419. The van der Waals surface area contributed by atoms with Crippen molar-refractivity contribution in [3.8, 4) is 0 Å². The fraction of sp³-hybridized carbons (Fsp3) is 0.846. The van der Waals surface area contributed by atoms with Crippen molar-refractivity contribution in [1.29, 1.82) is 0 Å². The molecule has 0 aliphatic heterocycles. The second-order valence-electron chi connectivity index (χ2n) is 4.21. The zero-order valence-electron chi connectivity index (χ0n) is 13.9. The van der Waals surface area contributed by atoms with E-state index in [1.807, 2.05) is 0 Å². The minimum absolute atomic E-state index is 0.0734. The number of hydrogen-bond donors (Lipinski definition) is 0. The van der Waals surface area contributed by atoms with Gasteiger partial charge in [0, 0.05) is 10.8 Å². The molecular weight excluding hydrogens is 347 g/mol. The van der Waals surface area contributed by atoms with Crippen molar-refractivity contribution in [3.05, 3.63) is 0 Å². The van der Waals surface area contributed by atoms with Crippen LogP contribution >= 0.6 is 7.60 Å². The molecule has 0 saturated carbocycles. The average molecular weight is 372 g/mol. The van der Waals surface area contributed by atoms with E-state index in [9.17, 15) is 18.4 Å². The van der Waals surface area contributed by atoms with E-state index < -0.39 is 47.5 Å². The second kappa shape index (κ2) is 11.7. The molecule has 0 aromatic carbocycles. The third-order valence-electron chi connectivity index (χ3n) is 2.46. The van der Waals surface area contributed by atoms with Gasteiger partial charge < -0.3 is 18.5 Å². The predicted octanol–water partition coefficient (Wildman–Crippen LogP) is 1.84. The highest BCUT2D eigenvalue weighted by atomic mass is 32.2. The third-order valence-corrected chi connectivity index (χ3v) is 7.04. The molecule has 0 spiro atoms. The molecule has 0 heterocycles. The highest BCUT2D eigenvalue weighted by molar-refractivity contribution is 7.93. The van der Waals surface area contributed by atoms with E-state index in [1.165, 1.54) is 0 Å². The molecule has 2 atom stereocenters. The van der Waals surface area contributed by atoms with Crippen molar-refractivity contribution in [2.24, 2.45) is 0 Å². The lowest BCUT2D eigenvalue weighted by Crippen LogP contribution is -2.33. The predicted molar refractivity (Wildman–Crippen MR) is 85.5 cm³/mol. The molecule has 0 aromatic heterocycles. The standard InChI is InChI=1S/C13H25O8PS/c1-5-18-12(14)9-11(13(15)19-6-2)23(17)10-22(16,20-7-3)21-8-4/h11H,5-10H2,1-4H3/t11-,23-/m1/s1. The van der Waals surface area contributed by atoms with Gasteiger partial charge in [-0.3, -0.25) is 18.4 Å². The monoisotopic (exact) mass is 372 g/mol. The summed E-state index contributed by atoms with van der Waals surface area (Å²) < 4.78 is 44.5. The van der Waals surface area contributed by atoms with Gasteiger partial charge >= 0.3 is 19.5 Å². The molecule has 136 valence electrons. The Morgan fingerprint density at radius 1 is 0.957 bits per heavy atom. The summed E-state index contributed by atoms with van der Waals surface area (Å²) in [6.45, 7) is 6.88. The van der Waals surface area contributed by atoms with Gasteiger partial charge in [0.05, 0.1) is 32.8 Å². The molecule has 0 fully saturated rings. The van der Waals surface area contributed by atoms with Crippen LogP contribution in [0.4, 0.5) is 0 Å². The Hall–Kier alpha value is -0.760. The smallest absolute Gasteiger partial charge is 0.343 e. The van der Waals surface area contributed by atoms with Crippen LogP contribution in [0.3, 0.4) is 0 Å². The summed E-state index contributed by atoms with van der Waals surface area (Å²) >= 11 is 0. The molecular formula is C13H25O8PS. The topological polar surface area (TPSA) is 105 Å². The first-order chi connectivity index (χ1) is 10.8. The van der Waals surface area contributed by atoms with Crippen molar-refractivity contribution < 1.29 is 36.9 Å². The zero-order chi connectivity index (χ0) is 17.9. The Morgan fingerprint density at radius 2 is 1.48 bits per heavy atom. The summed E-state index contributed by atoms with van der Waals surface area (Å²) in [4.78, 5) is 23.5. The van der Waals surface area contributed by atoms with E-state index in [4.69, 9.17) is 18.5 Å². The van der Waals surface area contributed by atoms with E-state index in [-0.39, 0.29) is 26.4 Å². The van der Waals surface area contributed by atoms with Gasteiger partial charge in [-0.25, -0.2) is 0 Å². The van der Waals surface area contributed by atoms with E-state index in [2.05, 4.69) is 0 Å². The lowest BCUT2D eigenvalue weighted by Gasteiger charge is -2.19. The number of rotatable bonds is 12. The normalized spacial score (nSPS) is 14.1. The van der Waals surface area contributed by atoms with E-state index >= 15 is 0 Å². The minimum Gasteiger partial charge on any atom is -0.466 e. The van der Waals surface area contributed by atoms with E-state index in [0.717, 1.165) is 0 Å². The Kier molecular flexibility index (Phi) is 11.3. The summed E-state index contributed by atoms with van der Waals surface area (Å²) in [5, 5.41) is -1.27. The molecule has 0 amide bonds. The molecule has 0 aliphatic carbocycles. The van der Waals surface area contributed by atoms with Crippen LogP contribution in [0.2, 0.25) is 0 Å². The zero-order valence-corrected chi connectivity index (χ0v) is 15.7. The van der Waals surface area contributed by atoms with Gasteiger partial charge in [-0.1, -0.05) is 0 Å². The van der Waals surface area contributed by atoms with Crippen LogP contribution in [0.5, 0.6) is 0 Å². The Morgan fingerprint density at radius 3 is 1.91 bits per heavy atom. The van der Waals surface area contributed by atoms with Crippen molar-refractivity contribution >= 4 is 30.3 Å². The average Bonchev–Trinajstić information content (AvgIpc) is 2.45. The first-order valence-corrected chi connectivity index (χ1v) is 10.5. The van der Waals surface area contributed by atoms with E-state index in [0.29, 0.717) is 0 Å². The summed E-state index contributed by atoms with van der Waals surface area (Å²) in [5.41, 5.74) is -0.489. The van der Waals surface area contributed by atoms with Crippen molar-refractivity contribution in [2.45, 2.75) is 39.4 Å². The Balaban J connectivity index is 5.13. The molecule has 8 nitrogen and oxygen atoms in total. The number of hydrogen-bond acceptors (Lipinski definition) is 8. The number of esters is 2. The van der Waals surface area contributed by atoms with Crippen LogP contribution < -0.4 is 0 Å². The van der Waals surface area contributed by atoms with Crippen LogP contribution in [-0.2, 0) is 43.5 Å². The Labute approximate surface area is 139 Å². The molecule has 0 unspecified atom stereocenters. The largest absolute Gasteiger partial charge is 0.466 e. The first kappa shape index (κ1) is 22.2. The van der Waals surface area contributed by atoms with Crippen molar-refractivity contribution in [1.82, 2.24) is 0 Å². The quantitative estimate of drug-likeness (QED) is 0.377. The molecule has 0 aliphatic rings. The number of carbonyl (C=O) groups is 2. The highest BCUT2D eigenvalue weighted by Crippen LogP contribution is 2.49. The van der Waals surface area contributed by atoms with Crippen molar-refractivity contribution in [2.75, 3.05) is 31.9 Å². The summed E-state index contributed by atoms with van der Waals surface area (Å²) in [5.74, 6) is -1.49. The number of ether oxygens (including phenoxy) is 2. The minimum atomic E-state index is -3.61. The maximum absolute atomic E-state index is 12.4. The van der Waals surface area contributed by atoms with E-state index in [1.54, 1.807) is 27.7 Å². The Bertz CT molecular complexity index is 443. The fourth-order valence-electron chi connectivity index (χ4n) is 1.64. The lowest BCUT2D eigenvalue weighted by atomic mass is 10.3.